The molecular weight excluding hydrogens is 274 g/mol. The van der Waals surface area contributed by atoms with Crippen molar-refractivity contribution in [2.75, 3.05) is 19.6 Å². The third kappa shape index (κ3) is 4.41. The van der Waals surface area contributed by atoms with Crippen LogP contribution in [0.4, 0.5) is 0 Å². The van der Waals surface area contributed by atoms with Gasteiger partial charge in [-0.3, -0.25) is 0 Å². The Labute approximate surface area is 123 Å². The molecule has 1 saturated heterocycles. The largest absolute Gasteiger partial charge is 0.315 e. The average molecular weight is 303 g/mol. The standard InChI is InChI=1S/C14H29N3O2S/c1-2-10-15-12-14-9-5-6-11-17(14)20(18,19)16-13-7-3-4-8-13/h13-16H,2-12H2,1H3. The number of hydrogen-bond donors (Lipinski definition) is 2. The quantitative estimate of drug-likeness (QED) is 0.703. The number of piperidine rings is 1. The fraction of sp³-hybridized carbons (Fsp3) is 1.00. The molecule has 1 atom stereocenters. The minimum Gasteiger partial charge on any atom is -0.315 e. The van der Waals surface area contributed by atoms with E-state index in [0.717, 1.165) is 64.5 Å². The molecule has 20 heavy (non-hydrogen) atoms. The molecule has 1 unspecified atom stereocenters. The third-order valence-corrected chi connectivity index (χ3v) is 6.09. The zero-order valence-corrected chi connectivity index (χ0v) is 13.4. The lowest BCUT2D eigenvalue weighted by Crippen LogP contribution is -2.53. The highest BCUT2D eigenvalue weighted by atomic mass is 32.2. The Balaban J connectivity index is 1.94. The van der Waals surface area contributed by atoms with Gasteiger partial charge in [-0.25, -0.2) is 0 Å². The van der Waals surface area contributed by atoms with E-state index in [-0.39, 0.29) is 12.1 Å². The topological polar surface area (TPSA) is 61.4 Å². The lowest BCUT2D eigenvalue weighted by Gasteiger charge is -2.35. The van der Waals surface area contributed by atoms with Gasteiger partial charge in [-0.05, 0) is 38.6 Å². The predicted octanol–water partition coefficient (Wildman–Crippen LogP) is 1.62. The first kappa shape index (κ1) is 16.2. The Morgan fingerprint density at radius 1 is 1.10 bits per heavy atom. The molecule has 1 aliphatic heterocycles. The normalized spacial score (nSPS) is 26.1. The van der Waals surface area contributed by atoms with Gasteiger partial charge in [0.15, 0.2) is 0 Å². The smallest absolute Gasteiger partial charge is 0.279 e. The summed E-state index contributed by atoms with van der Waals surface area (Å²) in [6.07, 6.45) is 8.45. The molecule has 2 rings (SSSR count). The van der Waals surface area contributed by atoms with E-state index >= 15 is 0 Å². The van der Waals surface area contributed by atoms with Crippen molar-refractivity contribution in [1.82, 2.24) is 14.3 Å². The Kier molecular flexibility index (Phi) is 6.26. The number of nitrogens with zero attached hydrogens (tertiary/aromatic N) is 1. The fourth-order valence-electron chi connectivity index (χ4n) is 3.26. The minimum absolute atomic E-state index is 0.120. The lowest BCUT2D eigenvalue weighted by atomic mass is 10.1. The molecular formula is C14H29N3O2S. The van der Waals surface area contributed by atoms with Gasteiger partial charge in [-0.15, -0.1) is 0 Å². The van der Waals surface area contributed by atoms with E-state index < -0.39 is 10.2 Å². The Morgan fingerprint density at radius 2 is 1.80 bits per heavy atom. The molecule has 0 aromatic carbocycles. The maximum absolute atomic E-state index is 12.6. The van der Waals surface area contributed by atoms with Crippen LogP contribution in [0, 0.1) is 0 Å². The van der Waals surface area contributed by atoms with Gasteiger partial charge in [0, 0.05) is 25.2 Å². The number of hydrogen-bond acceptors (Lipinski definition) is 3. The van der Waals surface area contributed by atoms with Gasteiger partial charge >= 0.3 is 0 Å². The van der Waals surface area contributed by atoms with Crippen molar-refractivity contribution in [3.05, 3.63) is 0 Å². The Hall–Kier alpha value is -0.170. The second-order valence-corrected chi connectivity index (χ2v) is 7.72. The van der Waals surface area contributed by atoms with Crippen LogP contribution in [-0.2, 0) is 10.2 Å². The summed E-state index contributed by atoms with van der Waals surface area (Å²) in [6, 6.07) is 0.278. The van der Waals surface area contributed by atoms with Gasteiger partial charge in [0.2, 0.25) is 0 Å². The van der Waals surface area contributed by atoms with Crippen molar-refractivity contribution < 1.29 is 8.42 Å². The van der Waals surface area contributed by atoms with Crippen LogP contribution in [0.2, 0.25) is 0 Å². The minimum atomic E-state index is -3.31. The molecule has 5 nitrogen and oxygen atoms in total. The number of rotatable bonds is 7. The van der Waals surface area contributed by atoms with Gasteiger partial charge < -0.3 is 5.32 Å². The monoisotopic (exact) mass is 303 g/mol. The zero-order chi connectivity index (χ0) is 14.4. The molecule has 6 heteroatoms. The molecule has 0 radical (unpaired) electrons. The van der Waals surface area contributed by atoms with Crippen LogP contribution in [0.1, 0.15) is 58.3 Å². The van der Waals surface area contributed by atoms with Crippen LogP contribution < -0.4 is 10.0 Å². The van der Waals surface area contributed by atoms with E-state index in [4.69, 9.17) is 0 Å². The summed E-state index contributed by atoms with van der Waals surface area (Å²) in [4.78, 5) is 0. The predicted molar refractivity (Wildman–Crippen MR) is 81.8 cm³/mol. The first-order valence-electron chi connectivity index (χ1n) is 8.13. The summed E-state index contributed by atoms with van der Waals surface area (Å²) in [5.74, 6) is 0. The molecule has 118 valence electrons. The first-order valence-corrected chi connectivity index (χ1v) is 9.57. The second kappa shape index (κ2) is 7.73. The van der Waals surface area contributed by atoms with Crippen LogP contribution in [0.25, 0.3) is 0 Å². The summed E-state index contributed by atoms with van der Waals surface area (Å²) in [5, 5.41) is 3.37. The number of nitrogens with one attached hydrogen (secondary N) is 2. The van der Waals surface area contributed by atoms with Crippen LogP contribution >= 0.6 is 0 Å². The van der Waals surface area contributed by atoms with Crippen LogP contribution in [0.3, 0.4) is 0 Å². The molecule has 0 bridgehead atoms. The maximum Gasteiger partial charge on any atom is 0.279 e. The molecule has 1 saturated carbocycles. The molecule has 1 aliphatic carbocycles. The van der Waals surface area contributed by atoms with Crippen LogP contribution in [0.5, 0.6) is 0 Å². The highest BCUT2D eigenvalue weighted by Crippen LogP contribution is 2.23. The van der Waals surface area contributed by atoms with Crippen LogP contribution in [0.15, 0.2) is 0 Å². The summed E-state index contributed by atoms with van der Waals surface area (Å²) in [5.41, 5.74) is 0. The highest BCUT2D eigenvalue weighted by molar-refractivity contribution is 7.87. The molecule has 0 aromatic rings. The molecule has 1 heterocycles. The van der Waals surface area contributed by atoms with E-state index in [1.807, 2.05) is 0 Å². The van der Waals surface area contributed by atoms with E-state index in [2.05, 4.69) is 17.0 Å². The maximum atomic E-state index is 12.6. The average Bonchev–Trinajstić information content (AvgIpc) is 2.91. The summed E-state index contributed by atoms with van der Waals surface area (Å²) in [6.45, 7) is 4.53. The van der Waals surface area contributed by atoms with E-state index in [1.54, 1.807) is 4.31 Å². The van der Waals surface area contributed by atoms with E-state index in [0.29, 0.717) is 6.54 Å². The summed E-state index contributed by atoms with van der Waals surface area (Å²) in [7, 11) is -3.31. The fourth-order valence-corrected chi connectivity index (χ4v) is 5.00. The highest BCUT2D eigenvalue weighted by Gasteiger charge is 2.33. The molecule has 2 fully saturated rings. The van der Waals surface area contributed by atoms with Crippen molar-refractivity contribution in [3.63, 3.8) is 0 Å². The summed E-state index contributed by atoms with van der Waals surface area (Å²) < 4.78 is 29.8. The van der Waals surface area contributed by atoms with E-state index in [1.165, 1.54) is 0 Å². The Morgan fingerprint density at radius 3 is 2.50 bits per heavy atom. The van der Waals surface area contributed by atoms with Crippen molar-refractivity contribution in [2.45, 2.75) is 70.4 Å². The van der Waals surface area contributed by atoms with Gasteiger partial charge in [-0.1, -0.05) is 26.2 Å². The van der Waals surface area contributed by atoms with Crippen molar-refractivity contribution in [1.29, 1.82) is 0 Å². The molecule has 2 N–H and O–H groups in total. The van der Waals surface area contributed by atoms with Gasteiger partial charge in [0.1, 0.15) is 0 Å². The van der Waals surface area contributed by atoms with Gasteiger partial charge in [0.05, 0.1) is 0 Å². The Bertz CT molecular complexity index is 380. The molecule has 0 spiro atoms. The zero-order valence-electron chi connectivity index (χ0n) is 12.6. The van der Waals surface area contributed by atoms with Crippen molar-refractivity contribution in [3.8, 4) is 0 Å². The molecule has 2 aliphatic rings. The van der Waals surface area contributed by atoms with Crippen molar-refractivity contribution >= 4 is 10.2 Å². The summed E-state index contributed by atoms with van der Waals surface area (Å²) >= 11 is 0. The van der Waals surface area contributed by atoms with Crippen LogP contribution in [-0.4, -0.2) is 44.4 Å². The second-order valence-electron chi connectivity index (χ2n) is 6.07. The van der Waals surface area contributed by atoms with Gasteiger partial charge in [0.25, 0.3) is 10.2 Å². The molecule has 0 aromatic heterocycles. The lowest BCUT2D eigenvalue weighted by molar-refractivity contribution is 0.241. The SMILES string of the molecule is CCCNCC1CCCCN1S(=O)(=O)NC1CCCC1. The third-order valence-electron chi connectivity index (χ3n) is 4.36. The molecule has 0 amide bonds. The van der Waals surface area contributed by atoms with E-state index in [9.17, 15) is 8.42 Å². The van der Waals surface area contributed by atoms with Crippen molar-refractivity contribution in [2.24, 2.45) is 0 Å². The first-order chi connectivity index (χ1) is 9.63. The van der Waals surface area contributed by atoms with Gasteiger partial charge in [-0.2, -0.15) is 17.4 Å².